The Hall–Kier alpha value is -0.800. The fourth-order valence-electron chi connectivity index (χ4n) is 2.16. The standard InChI is InChI=1S/C12H20N2O/c1-14(8-10-3-2-4-10)9-11-5-6-15-12(11)7-13/h5-6,10H,2-4,7-9,13H2,1H3. The number of nitrogens with zero attached hydrogens (tertiary/aromatic N) is 1. The maximum Gasteiger partial charge on any atom is 0.121 e. The van der Waals surface area contributed by atoms with E-state index in [4.69, 9.17) is 10.2 Å². The quantitative estimate of drug-likeness (QED) is 0.804. The van der Waals surface area contributed by atoms with Crippen LogP contribution in [0.3, 0.4) is 0 Å². The SMILES string of the molecule is CN(Cc1ccoc1CN)CC1CCC1. The normalized spacial score (nSPS) is 17.0. The topological polar surface area (TPSA) is 42.4 Å². The molecule has 1 aliphatic carbocycles. The Morgan fingerprint density at radius 2 is 2.33 bits per heavy atom. The molecule has 84 valence electrons. The van der Waals surface area contributed by atoms with Crippen LogP contribution in [0.1, 0.15) is 30.6 Å². The molecule has 0 unspecified atom stereocenters. The van der Waals surface area contributed by atoms with E-state index in [1.165, 1.54) is 31.4 Å². The molecule has 2 rings (SSSR count). The van der Waals surface area contributed by atoms with Crippen LogP contribution in [0.5, 0.6) is 0 Å². The van der Waals surface area contributed by atoms with E-state index in [0.29, 0.717) is 6.54 Å². The summed E-state index contributed by atoms with van der Waals surface area (Å²) in [7, 11) is 2.17. The molecule has 1 aromatic heterocycles. The first-order valence-corrected chi connectivity index (χ1v) is 5.73. The van der Waals surface area contributed by atoms with Gasteiger partial charge in [-0.05, 0) is 31.9 Å². The highest BCUT2D eigenvalue weighted by Gasteiger charge is 2.19. The summed E-state index contributed by atoms with van der Waals surface area (Å²) >= 11 is 0. The number of hydrogen-bond acceptors (Lipinski definition) is 3. The van der Waals surface area contributed by atoms with Crippen molar-refractivity contribution in [3.05, 3.63) is 23.7 Å². The zero-order valence-electron chi connectivity index (χ0n) is 9.41. The lowest BCUT2D eigenvalue weighted by Crippen LogP contribution is -2.29. The fourth-order valence-corrected chi connectivity index (χ4v) is 2.16. The van der Waals surface area contributed by atoms with Crippen molar-refractivity contribution in [1.82, 2.24) is 4.90 Å². The molecular formula is C12H20N2O. The summed E-state index contributed by atoms with van der Waals surface area (Å²) in [6, 6.07) is 2.03. The Balaban J connectivity index is 1.84. The maximum atomic E-state index is 5.60. The third-order valence-electron chi connectivity index (χ3n) is 3.26. The molecule has 1 saturated carbocycles. The van der Waals surface area contributed by atoms with Gasteiger partial charge in [-0.15, -0.1) is 0 Å². The van der Waals surface area contributed by atoms with Crippen molar-refractivity contribution in [2.75, 3.05) is 13.6 Å². The summed E-state index contributed by atoms with van der Waals surface area (Å²) in [5, 5.41) is 0. The Labute approximate surface area is 91.2 Å². The second kappa shape index (κ2) is 4.81. The average molecular weight is 208 g/mol. The molecule has 3 heteroatoms. The first-order chi connectivity index (χ1) is 7.29. The van der Waals surface area contributed by atoms with Crippen molar-refractivity contribution in [1.29, 1.82) is 0 Å². The number of nitrogens with two attached hydrogens (primary N) is 1. The van der Waals surface area contributed by atoms with Crippen LogP contribution < -0.4 is 5.73 Å². The van der Waals surface area contributed by atoms with Crippen molar-refractivity contribution in [2.45, 2.75) is 32.4 Å². The second-order valence-electron chi connectivity index (χ2n) is 4.57. The molecule has 0 radical (unpaired) electrons. The molecule has 2 N–H and O–H groups in total. The van der Waals surface area contributed by atoms with Crippen LogP contribution in [-0.2, 0) is 13.1 Å². The molecular weight excluding hydrogens is 188 g/mol. The maximum absolute atomic E-state index is 5.60. The summed E-state index contributed by atoms with van der Waals surface area (Å²) in [6.07, 6.45) is 5.95. The average Bonchev–Trinajstić information content (AvgIpc) is 2.59. The Morgan fingerprint density at radius 1 is 1.53 bits per heavy atom. The van der Waals surface area contributed by atoms with E-state index in [0.717, 1.165) is 18.2 Å². The van der Waals surface area contributed by atoms with Gasteiger partial charge in [0.2, 0.25) is 0 Å². The Bertz CT molecular complexity index is 304. The third-order valence-corrected chi connectivity index (χ3v) is 3.26. The molecule has 1 fully saturated rings. The van der Waals surface area contributed by atoms with Gasteiger partial charge in [0.05, 0.1) is 12.8 Å². The summed E-state index contributed by atoms with van der Waals surface area (Å²) in [6.45, 7) is 2.66. The van der Waals surface area contributed by atoms with Crippen molar-refractivity contribution in [3.63, 3.8) is 0 Å². The minimum Gasteiger partial charge on any atom is -0.468 e. The van der Waals surface area contributed by atoms with Gasteiger partial charge in [0.15, 0.2) is 0 Å². The molecule has 0 bridgehead atoms. The molecule has 3 nitrogen and oxygen atoms in total. The Morgan fingerprint density at radius 3 is 2.93 bits per heavy atom. The minimum absolute atomic E-state index is 0.500. The first kappa shape index (κ1) is 10.7. The second-order valence-corrected chi connectivity index (χ2v) is 4.57. The summed E-state index contributed by atoms with van der Waals surface area (Å²) < 4.78 is 5.31. The number of furan rings is 1. The van der Waals surface area contributed by atoms with E-state index in [2.05, 4.69) is 11.9 Å². The molecule has 1 heterocycles. The molecule has 0 amide bonds. The number of hydrogen-bond donors (Lipinski definition) is 1. The monoisotopic (exact) mass is 208 g/mol. The minimum atomic E-state index is 0.500. The molecule has 0 aliphatic heterocycles. The zero-order chi connectivity index (χ0) is 10.7. The first-order valence-electron chi connectivity index (χ1n) is 5.73. The molecule has 0 aromatic carbocycles. The van der Waals surface area contributed by atoms with Crippen molar-refractivity contribution in [3.8, 4) is 0 Å². The third kappa shape index (κ3) is 2.61. The van der Waals surface area contributed by atoms with E-state index in [1.54, 1.807) is 6.26 Å². The van der Waals surface area contributed by atoms with Gasteiger partial charge >= 0.3 is 0 Å². The van der Waals surface area contributed by atoms with Crippen LogP contribution in [0.2, 0.25) is 0 Å². The summed E-state index contributed by atoms with van der Waals surface area (Å²) in [4.78, 5) is 2.37. The lowest BCUT2D eigenvalue weighted by Gasteiger charge is -2.30. The zero-order valence-corrected chi connectivity index (χ0v) is 9.41. The highest BCUT2D eigenvalue weighted by atomic mass is 16.3. The van der Waals surface area contributed by atoms with Gasteiger partial charge < -0.3 is 15.1 Å². The van der Waals surface area contributed by atoms with E-state index < -0.39 is 0 Å². The Kier molecular flexibility index (Phi) is 3.44. The molecule has 0 saturated heterocycles. The van der Waals surface area contributed by atoms with Gasteiger partial charge in [-0.25, -0.2) is 0 Å². The van der Waals surface area contributed by atoms with Gasteiger partial charge in [0, 0.05) is 18.7 Å². The van der Waals surface area contributed by atoms with Gasteiger partial charge in [0.25, 0.3) is 0 Å². The van der Waals surface area contributed by atoms with Crippen molar-refractivity contribution < 1.29 is 4.42 Å². The summed E-state index contributed by atoms with van der Waals surface area (Å²) in [5.74, 6) is 1.85. The van der Waals surface area contributed by atoms with E-state index in [-0.39, 0.29) is 0 Å². The fraction of sp³-hybridized carbons (Fsp3) is 0.667. The van der Waals surface area contributed by atoms with Gasteiger partial charge in [0.1, 0.15) is 5.76 Å². The van der Waals surface area contributed by atoms with Crippen LogP contribution in [0.25, 0.3) is 0 Å². The van der Waals surface area contributed by atoms with Gasteiger partial charge in [-0.3, -0.25) is 0 Å². The van der Waals surface area contributed by atoms with E-state index in [9.17, 15) is 0 Å². The van der Waals surface area contributed by atoms with Crippen LogP contribution in [-0.4, -0.2) is 18.5 Å². The lowest BCUT2D eigenvalue weighted by atomic mass is 9.85. The van der Waals surface area contributed by atoms with Crippen molar-refractivity contribution in [2.24, 2.45) is 11.7 Å². The van der Waals surface area contributed by atoms with E-state index >= 15 is 0 Å². The van der Waals surface area contributed by atoms with E-state index in [1.807, 2.05) is 6.07 Å². The van der Waals surface area contributed by atoms with Gasteiger partial charge in [-0.2, -0.15) is 0 Å². The van der Waals surface area contributed by atoms with Crippen LogP contribution >= 0.6 is 0 Å². The van der Waals surface area contributed by atoms with Crippen LogP contribution in [0, 0.1) is 5.92 Å². The molecule has 1 aliphatic rings. The smallest absolute Gasteiger partial charge is 0.121 e. The number of rotatable bonds is 5. The van der Waals surface area contributed by atoms with Crippen LogP contribution in [0.15, 0.2) is 16.7 Å². The largest absolute Gasteiger partial charge is 0.468 e. The summed E-state index contributed by atoms with van der Waals surface area (Å²) in [5.41, 5.74) is 6.83. The highest BCUT2D eigenvalue weighted by molar-refractivity contribution is 5.16. The molecule has 15 heavy (non-hydrogen) atoms. The van der Waals surface area contributed by atoms with Crippen LogP contribution in [0.4, 0.5) is 0 Å². The molecule has 0 atom stereocenters. The van der Waals surface area contributed by atoms with Gasteiger partial charge in [-0.1, -0.05) is 6.42 Å². The molecule has 1 aromatic rings. The highest BCUT2D eigenvalue weighted by Crippen LogP contribution is 2.27. The predicted octanol–water partition coefficient (Wildman–Crippen LogP) is 1.97. The predicted molar refractivity (Wildman–Crippen MR) is 60.3 cm³/mol. The van der Waals surface area contributed by atoms with Crippen molar-refractivity contribution >= 4 is 0 Å². The lowest BCUT2D eigenvalue weighted by molar-refractivity contribution is 0.199. The molecule has 0 spiro atoms.